The molecule has 0 bridgehead atoms. The van der Waals surface area contributed by atoms with Crippen molar-refractivity contribution in [1.29, 1.82) is 0 Å². The average molecular weight is 340 g/mol. The number of unbranched alkanes of at least 4 members (excludes halogenated alkanes) is 4. The number of fused-ring (bicyclic) bond motifs is 2. The van der Waals surface area contributed by atoms with Crippen LogP contribution in [-0.2, 0) is 11.3 Å². The molecule has 0 saturated heterocycles. The number of aryl methyl sites for hydroxylation is 1. The number of nitrogens with zero attached hydrogens (tertiary/aromatic N) is 3. The number of carbonyl (C=O) groups is 1. The second-order valence-corrected chi connectivity index (χ2v) is 6.20. The molecular formula is C19H24N4O2. The minimum atomic E-state index is -0.475. The molecule has 6 heteroatoms. The van der Waals surface area contributed by atoms with E-state index in [1.807, 2.05) is 28.8 Å². The average Bonchev–Trinajstić information content (AvgIpc) is 2.90. The molecule has 0 atom stereocenters. The maximum absolute atomic E-state index is 12.2. The van der Waals surface area contributed by atoms with Gasteiger partial charge >= 0.3 is 5.97 Å². The number of carbonyl (C=O) groups excluding carboxylic acids is 1. The molecule has 3 aromatic rings. The van der Waals surface area contributed by atoms with Gasteiger partial charge in [0.25, 0.3) is 0 Å². The predicted molar refractivity (Wildman–Crippen MR) is 99.5 cm³/mol. The van der Waals surface area contributed by atoms with Crippen molar-refractivity contribution in [2.75, 3.05) is 12.8 Å². The SMILES string of the molecule is CCCCCCCn1c(N)c(C(=O)OC)c2nc3ccccc3nc21. The number of ether oxygens (including phenoxy) is 1. The summed E-state index contributed by atoms with van der Waals surface area (Å²) >= 11 is 0. The van der Waals surface area contributed by atoms with E-state index in [4.69, 9.17) is 15.5 Å². The van der Waals surface area contributed by atoms with Crippen LogP contribution in [0.25, 0.3) is 22.2 Å². The number of aromatic nitrogens is 3. The molecule has 0 unspecified atom stereocenters. The second kappa shape index (κ2) is 7.51. The van der Waals surface area contributed by atoms with Crippen LogP contribution in [0.1, 0.15) is 49.4 Å². The zero-order valence-corrected chi connectivity index (χ0v) is 14.8. The normalized spacial score (nSPS) is 11.3. The number of benzene rings is 1. The van der Waals surface area contributed by atoms with Gasteiger partial charge in [-0.05, 0) is 18.6 Å². The van der Waals surface area contributed by atoms with E-state index in [9.17, 15) is 4.79 Å². The molecule has 0 aliphatic rings. The second-order valence-electron chi connectivity index (χ2n) is 6.20. The van der Waals surface area contributed by atoms with Gasteiger partial charge in [0, 0.05) is 6.54 Å². The van der Waals surface area contributed by atoms with Crippen molar-refractivity contribution in [3.05, 3.63) is 29.8 Å². The number of hydrogen-bond acceptors (Lipinski definition) is 5. The Balaban J connectivity index is 2.06. The van der Waals surface area contributed by atoms with Crippen molar-refractivity contribution in [3.8, 4) is 0 Å². The van der Waals surface area contributed by atoms with E-state index in [1.165, 1.54) is 26.4 Å². The topological polar surface area (TPSA) is 83.0 Å². The minimum Gasteiger partial charge on any atom is -0.465 e. The molecular weight excluding hydrogens is 316 g/mol. The lowest BCUT2D eigenvalue weighted by Gasteiger charge is -2.07. The number of anilines is 1. The molecule has 0 spiro atoms. The van der Waals surface area contributed by atoms with Gasteiger partial charge in [0.2, 0.25) is 0 Å². The van der Waals surface area contributed by atoms with Gasteiger partial charge in [-0.1, -0.05) is 44.7 Å². The van der Waals surface area contributed by atoms with Crippen molar-refractivity contribution < 1.29 is 9.53 Å². The van der Waals surface area contributed by atoms with Crippen LogP contribution in [0.2, 0.25) is 0 Å². The molecule has 0 amide bonds. The lowest BCUT2D eigenvalue weighted by Crippen LogP contribution is -2.08. The highest BCUT2D eigenvalue weighted by atomic mass is 16.5. The molecule has 6 nitrogen and oxygen atoms in total. The molecule has 0 fully saturated rings. The van der Waals surface area contributed by atoms with Crippen LogP contribution in [0.3, 0.4) is 0 Å². The largest absolute Gasteiger partial charge is 0.465 e. The third-order valence-corrected chi connectivity index (χ3v) is 4.47. The van der Waals surface area contributed by atoms with Crippen molar-refractivity contribution in [3.63, 3.8) is 0 Å². The molecule has 0 aliphatic carbocycles. The van der Waals surface area contributed by atoms with E-state index in [2.05, 4.69) is 11.9 Å². The van der Waals surface area contributed by atoms with E-state index >= 15 is 0 Å². The fourth-order valence-corrected chi connectivity index (χ4v) is 3.12. The summed E-state index contributed by atoms with van der Waals surface area (Å²) in [6, 6.07) is 7.61. The van der Waals surface area contributed by atoms with Gasteiger partial charge in [0.05, 0.1) is 18.1 Å². The Labute approximate surface area is 147 Å². The monoisotopic (exact) mass is 340 g/mol. The van der Waals surface area contributed by atoms with Crippen molar-refractivity contribution in [1.82, 2.24) is 14.5 Å². The molecule has 3 rings (SSSR count). The zero-order chi connectivity index (χ0) is 17.8. The Morgan fingerprint density at radius 2 is 1.80 bits per heavy atom. The summed E-state index contributed by atoms with van der Waals surface area (Å²) in [7, 11) is 1.35. The fraction of sp³-hybridized carbons (Fsp3) is 0.421. The summed E-state index contributed by atoms with van der Waals surface area (Å²) in [6.45, 7) is 2.91. The summed E-state index contributed by atoms with van der Waals surface area (Å²) in [5, 5.41) is 0. The van der Waals surface area contributed by atoms with E-state index in [-0.39, 0.29) is 0 Å². The number of nitrogen functional groups attached to an aromatic ring is 1. The van der Waals surface area contributed by atoms with E-state index in [1.54, 1.807) is 0 Å². The van der Waals surface area contributed by atoms with Crippen LogP contribution in [0.4, 0.5) is 5.82 Å². The lowest BCUT2D eigenvalue weighted by molar-refractivity contribution is 0.0604. The molecule has 2 aromatic heterocycles. The van der Waals surface area contributed by atoms with Gasteiger partial charge in [0.15, 0.2) is 5.65 Å². The van der Waals surface area contributed by atoms with E-state index in [0.717, 1.165) is 30.4 Å². The predicted octanol–water partition coefficient (Wildman–Crippen LogP) is 3.92. The molecule has 2 heterocycles. The summed E-state index contributed by atoms with van der Waals surface area (Å²) in [4.78, 5) is 21.6. The fourth-order valence-electron chi connectivity index (χ4n) is 3.12. The Morgan fingerprint density at radius 1 is 1.12 bits per heavy atom. The Morgan fingerprint density at radius 3 is 2.48 bits per heavy atom. The highest BCUT2D eigenvalue weighted by Gasteiger charge is 2.24. The quantitative estimate of drug-likeness (QED) is 0.520. The maximum atomic E-state index is 12.2. The van der Waals surface area contributed by atoms with Gasteiger partial charge in [-0.25, -0.2) is 14.8 Å². The van der Waals surface area contributed by atoms with E-state index in [0.29, 0.717) is 22.5 Å². The number of para-hydroxylation sites is 2. The number of rotatable bonds is 7. The third-order valence-electron chi connectivity index (χ3n) is 4.47. The van der Waals surface area contributed by atoms with E-state index < -0.39 is 5.97 Å². The number of esters is 1. The summed E-state index contributed by atoms with van der Waals surface area (Å²) in [5.74, 6) is -0.0931. The van der Waals surface area contributed by atoms with Crippen molar-refractivity contribution in [2.45, 2.75) is 45.6 Å². The maximum Gasteiger partial charge on any atom is 0.343 e. The first-order valence-electron chi connectivity index (χ1n) is 8.80. The molecule has 25 heavy (non-hydrogen) atoms. The van der Waals surface area contributed by atoms with Gasteiger partial charge in [-0.3, -0.25) is 0 Å². The van der Waals surface area contributed by atoms with Gasteiger partial charge in [-0.2, -0.15) is 0 Å². The Kier molecular flexibility index (Phi) is 5.16. The molecule has 0 radical (unpaired) electrons. The summed E-state index contributed by atoms with van der Waals surface area (Å²) in [6.07, 6.45) is 5.76. The highest BCUT2D eigenvalue weighted by Crippen LogP contribution is 2.28. The first-order valence-corrected chi connectivity index (χ1v) is 8.80. The number of hydrogen-bond donors (Lipinski definition) is 1. The third kappa shape index (κ3) is 3.29. The van der Waals surface area contributed by atoms with Crippen LogP contribution >= 0.6 is 0 Å². The van der Waals surface area contributed by atoms with Crippen LogP contribution in [0, 0.1) is 0 Å². The van der Waals surface area contributed by atoms with Gasteiger partial charge in [-0.15, -0.1) is 0 Å². The summed E-state index contributed by atoms with van der Waals surface area (Å²) < 4.78 is 6.80. The lowest BCUT2D eigenvalue weighted by atomic mass is 10.1. The van der Waals surface area contributed by atoms with Crippen molar-refractivity contribution >= 4 is 34.0 Å². The van der Waals surface area contributed by atoms with Crippen LogP contribution < -0.4 is 5.73 Å². The first kappa shape index (κ1) is 17.2. The smallest absolute Gasteiger partial charge is 0.343 e. The van der Waals surface area contributed by atoms with Crippen LogP contribution in [0.5, 0.6) is 0 Å². The molecule has 2 N–H and O–H groups in total. The highest BCUT2D eigenvalue weighted by molar-refractivity contribution is 6.08. The number of nitrogens with two attached hydrogens (primary N) is 1. The van der Waals surface area contributed by atoms with Crippen LogP contribution in [0.15, 0.2) is 24.3 Å². The Hall–Kier alpha value is -2.63. The van der Waals surface area contributed by atoms with Gasteiger partial charge in [0.1, 0.15) is 16.9 Å². The number of methoxy groups -OCH3 is 1. The minimum absolute atomic E-state index is 0.310. The molecule has 0 saturated carbocycles. The molecule has 132 valence electrons. The van der Waals surface area contributed by atoms with Gasteiger partial charge < -0.3 is 15.0 Å². The van der Waals surface area contributed by atoms with Crippen molar-refractivity contribution in [2.24, 2.45) is 0 Å². The summed E-state index contributed by atoms with van der Waals surface area (Å²) in [5.41, 5.74) is 9.27. The molecule has 0 aliphatic heterocycles. The molecule has 1 aromatic carbocycles. The zero-order valence-electron chi connectivity index (χ0n) is 14.8. The first-order chi connectivity index (χ1) is 12.2. The standard InChI is InChI=1S/C19H24N4O2/c1-3-4-5-6-9-12-23-17(20)15(19(24)25-2)16-18(23)22-14-11-8-7-10-13(14)21-16/h7-8,10-11H,3-6,9,12,20H2,1-2H3. The van der Waals surface area contributed by atoms with Crippen LogP contribution in [-0.4, -0.2) is 27.6 Å². The Bertz CT molecular complexity index is 901.